The molecule has 0 spiro atoms. The second-order valence-corrected chi connectivity index (χ2v) is 6.96. The van der Waals surface area contributed by atoms with Gasteiger partial charge in [0.15, 0.2) is 5.96 Å². The van der Waals surface area contributed by atoms with E-state index in [2.05, 4.69) is 53.4 Å². The van der Waals surface area contributed by atoms with Crippen molar-refractivity contribution in [3.05, 3.63) is 17.5 Å². The maximum atomic E-state index is 4.78. The lowest BCUT2D eigenvalue weighted by molar-refractivity contribution is 0.122. The van der Waals surface area contributed by atoms with E-state index in [4.69, 9.17) is 4.99 Å². The number of hydrogen-bond donors (Lipinski definition) is 2. The number of nitrogens with one attached hydrogen (secondary N) is 2. The molecule has 0 radical (unpaired) electrons. The molecule has 2 N–H and O–H groups in total. The first kappa shape index (κ1) is 19.7. The highest BCUT2D eigenvalue weighted by molar-refractivity contribution is 5.79. The monoisotopic (exact) mass is 349 g/mol. The van der Waals surface area contributed by atoms with Crippen molar-refractivity contribution in [3.8, 4) is 0 Å². The van der Waals surface area contributed by atoms with Crippen molar-refractivity contribution in [2.45, 2.75) is 33.2 Å². The van der Waals surface area contributed by atoms with E-state index in [0.717, 1.165) is 58.2 Å². The molecule has 7 heteroatoms. The summed E-state index contributed by atoms with van der Waals surface area (Å²) in [6, 6.07) is 0.477. The molecule has 0 amide bonds. The molecule has 2 heterocycles. The lowest BCUT2D eigenvalue weighted by Crippen LogP contribution is -2.49. The number of aryl methyl sites for hydroxylation is 1. The van der Waals surface area contributed by atoms with Gasteiger partial charge in [-0.1, -0.05) is 0 Å². The highest BCUT2D eigenvalue weighted by atomic mass is 15.3. The Morgan fingerprint density at radius 1 is 1.24 bits per heavy atom. The number of piperazine rings is 1. The first-order chi connectivity index (χ1) is 12.0. The minimum atomic E-state index is 0.477. The van der Waals surface area contributed by atoms with Crippen molar-refractivity contribution >= 4 is 5.96 Å². The van der Waals surface area contributed by atoms with Crippen LogP contribution in [0, 0.1) is 6.92 Å². The van der Waals surface area contributed by atoms with Gasteiger partial charge < -0.3 is 15.5 Å². The Balaban J connectivity index is 1.80. The molecule has 1 aromatic rings. The van der Waals surface area contributed by atoms with Crippen LogP contribution in [-0.4, -0.2) is 84.4 Å². The lowest BCUT2D eigenvalue weighted by atomic mass is 10.2. The molecule has 1 unspecified atom stereocenters. The van der Waals surface area contributed by atoms with Gasteiger partial charge in [0.2, 0.25) is 0 Å². The van der Waals surface area contributed by atoms with Gasteiger partial charge in [-0.05, 0) is 39.8 Å². The number of likely N-dealkylation sites (N-methyl/N-ethyl adjacent to an activating group) is 1. The van der Waals surface area contributed by atoms with Crippen molar-refractivity contribution in [2.75, 3.05) is 52.9 Å². The Bertz CT molecular complexity index is 544. The van der Waals surface area contributed by atoms with E-state index in [-0.39, 0.29) is 0 Å². The molecule has 0 aliphatic carbocycles. The van der Waals surface area contributed by atoms with Crippen molar-refractivity contribution < 1.29 is 0 Å². The van der Waals surface area contributed by atoms with Gasteiger partial charge in [0.25, 0.3) is 0 Å². The molecule has 0 bridgehead atoms. The van der Waals surface area contributed by atoms with Crippen LogP contribution in [0.3, 0.4) is 0 Å². The summed E-state index contributed by atoms with van der Waals surface area (Å²) < 4.78 is 1.92. The summed E-state index contributed by atoms with van der Waals surface area (Å²) in [7, 11) is 4.18. The summed E-state index contributed by atoms with van der Waals surface area (Å²) in [5.74, 6) is 0.907. The molecule has 1 aromatic heterocycles. The molecule has 2 rings (SSSR count). The topological polar surface area (TPSA) is 60.7 Å². The second-order valence-electron chi connectivity index (χ2n) is 6.96. The molecular weight excluding hydrogens is 314 g/mol. The smallest absolute Gasteiger partial charge is 0.191 e. The average molecular weight is 350 g/mol. The fourth-order valence-corrected chi connectivity index (χ4v) is 3.05. The number of rotatable bonds is 7. The molecule has 0 saturated carbocycles. The van der Waals surface area contributed by atoms with Gasteiger partial charge in [0.1, 0.15) is 0 Å². The Labute approximate surface area is 152 Å². The van der Waals surface area contributed by atoms with Gasteiger partial charge in [-0.25, -0.2) is 0 Å². The average Bonchev–Trinajstić information content (AvgIpc) is 2.92. The van der Waals surface area contributed by atoms with Crippen LogP contribution in [0.25, 0.3) is 0 Å². The highest BCUT2D eigenvalue weighted by Gasteiger charge is 2.18. The summed E-state index contributed by atoms with van der Waals surface area (Å²) in [6.45, 7) is 13.6. The quantitative estimate of drug-likeness (QED) is 0.553. The third-order valence-electron chi connectivity index (χ3n) is 5.04. The number of nitrogens with zero attached hydrogens (tertiary/aromatic N) is 5. The van der Waals surface area contributed by atoms with E-state index >= 15 is 0 Å². The third-order valence-corrected chi connectivity index (χ3v) is 5.04. The van der Waals surface area contributed by atoms with Crippen LogP contribution in [0.5, 0.6) is 0 Å². The number of hydrogen-bond acceptors (Lipinski definition) is 4. The fourth-order valence-electron chi connectivity index (χ4n) is 3.05. The predicted octanol–water partition coefficient (Wildman–Crippen LogP) is 0.462. The zero-order valence-electron chi connectivity index (χ0n) is 16.5. The molecule has 142 valence electrons. The fraction of sp³-hybridized carbons (Fsp3) is 0.778. The first-order valence-electron chi connectivity index (χ1n) is 9.43. The molecule has 7 nitrogen and oxygen atoms in total. The van der Waals surface area contributed by atoms with Crippen LogP contribution in [-0.2, 0) is 13.5 Å². The first-order valence-corrected chi connectivity index (χ1v) is 9.43. The number of aromatic nitrogens is 2. The maximum absolute atomic E-state index is 4.78. The summed E-state index contributed by atoms with van der Waals surface area (Å²) in [5, 5.41) is 11.1. The van der Waals surface area contributed by atoms with Crippen molar-refractivity contribution in [2.24, 2.45) is 12.0 Å². The lowest BCUT2D eigenvalue weighted by Gasteiger charge is -2.35. The van der Waals surface area contributed by atoms with E-state index in [1.54, 1.807) is 0 Å². The van der Waals surface area contributed by atoms with Gasteiger partial charge >= 0.3 is 0 Å². The summed E-state index contributed by atoms with van der Waals surface area (Å²) in [4.78, 5) is 9.71. The van der Waals surface area contributed by atoms with E-state index in [1.165, 1.54) is 11.3 Å². The van der Waals surface area contributed by atoms with Gasteiger partial charge in [-0.3, -0.25) is 14.6 Å². The Kier molecular flexibility index (Phi) is 7.71. The Morgan fingerprint density at radius 3 is 2.56 bits per heavy atom. The molecule has 25 heavy (non-hydrogen) atoms. The molecule has 1 aliphatic rings. The second kappa shape index (κ2) is 9.77. The summed E-state index contributed by atoms with van der Waals surface area (Å²) in [5.41, 5.74) is 2.52. The maximum Gasteiger partial charge on any atom is 0.191 e. The van der Waals surface area contributed by atoms with Gasteiger partial charge in [0.05, 0.1) is 12.7 Å². The van der Waals surface area contributed by atoms with Crippen LogP contribution in [0.4, 0.5) is 0 Å². The minimum Gasteiger partial charge on any atom is -0.357 e. The van der Waals surface area contributed by atoms with Crippen LogP contribution in [0.1, 0.15) is 25.1 Å². The van der Waals surface area contributed by atoms with Crippen molar-refractivity contribution in [1.29, 1.82) is 0 Å². The van der Waals surface area contributed by atoms with E-state index in [9.17, 15) is 0 Å². The SMILES string of the molecule is CCNC(=NCC(C)N1CCN(C)CC1)NCCc1cnn(C)c1C. The Hall–Kier alpha value is -1.60. The minimum absolute atomic E-state index is 0.477. The van der Waals surface area contributed by atoms with E-state index in [1.807, 2.05) is 17.9 Å². The van der Waals surface area contributed by atoms with Crippen LogP contribution in [0.2, 0.25) is 0 Å². The number of guanidine groups is 1. The molecule has 0 aromatic carbocycles. The van der Waals surface area contributed by atoms with Gasteiger partial charge in [-0.15, -0.1) is 0 Å². The molecule has 1 fully saturated rings. The predicted molar refractivity (Wildman–Crippen MR) is 104 cm³/mol. The van der Waals surface area contributed by atoms with Crippen LogP contribution >= 0.6 is 0 Å². The van der Waals surface area contributed by atoms with Gasteiger partial charge in [0, 0.05) is 58.1 Å². The zero-order chi connectivity index (χ0) is 18.2. The largest absolute Gasteiger partial charge is 0.357 e. The van der Waals surface area contributed by atoms with Crippen LogP contribution < -0.4 is 10.6 Å². The number of aliphatic imine (C=N–C) groups is 1. The van der Waals surface area contributed by atoms with Crippen molar-refractivity contribution in [1.82, 2.24) is 30.2 Å². The van der Waals surface area contributed by atoms with Gasteiger partial charge in [-0.2, -0.15) is 5.10 Å². The normalized spacial score (nSPS) is 18.4. The van der Waals surface area contributed by atoms with Crippen LogP contribution in [0.15, 0.2) is 11.2 Å². The molecule has 1 aliphatic heterocycles. The summed E-state index contributed by atoms with van der Waals surface area (Å²) in [6.07, 6.45) is 2.91. The van der Waals surface area contributed by atoms with E-state index in [0.29, 0.717) is 6.04 Å². The third kappa shape index (κ3) is 6.01. The molecule has 1 saturated heterocycles. The molecular formula is C18H35N7. The molecule has 1 atom stereocenters. The highest BCUT2D eigenvalue weighted by Crippen LogP contribution is 2.06. The summed E-state index contributed by atoms with van der Waals surface area (Å²) >= 11 is 0. The van der Waals surface area contributed by atoms with E-state index < -0.39 is 0 Å². The van der Waals surface area contributed by atoms with Crippen molar-refractivity contribution in [3.63, 3.8) is 0 Å². The standard InChI is InChI=1S/C18H35N7/c1-6-19-18(20-8-7-17-14-22-24(5)16(17)3)21-13-15(2)25-11-9-23(4)10-12-25/h14-15H,6-13H2,1-5H3,(H2,19,20,21). The Morgan fingerprint density at radius 2 is 1.96 bits per heavy atom. The zero-order valence-corrected chi connectivity index (χ0v) is 16.5.